The third kappa shape index (κ3) is 53.7. The van der Waals surface area contributed by atoms with E-state index in [9.17, 15) is 28.9 Å². The summed E-state index contributed by atoms with van der Waals surface area (Å²) < 4.78 is 39.3. The Hall–Kier alpha value is -5.16. The second-order valence-electron chi connectivity index (χ2n) is 17.6. The van der Waals surface area contributed by atoms with Crippen LogP contribution in [0.25, 0.3) is 0 Å². The summed E-state index contributed by atoms with van der Waals surface area (Å²) >= 11 is 0. The van der Waals surface area contributed by atoms with Crippen LogP contribution in [0.15, 0.2) is 170 Å². The molecule has 76 heavy (non-hydrogen) atoms. The zero-order valence-electron chi connectivity index (χ0n) is 46.6. The third-order valence-corrected chi connectivity index (χ3v) is 11.6. The first kappa shape index (κ1) is 70.8. The third-order valence-electron chi connectivity index (χ3n) is 10.6. The van der Waals surface area contributed by atoms with Crippen LogP contribution >= 0.6 is 7.82 Å². The second kappa shape index (κ2) is 56.1. The lowest BCUT2D eigenvalue weighted by Gasteiger charge is -2.21. The van der Waals surface area contributed by atoms with Gasteiger partial charge in [-0.1, -0.05) is 204 Å². The fourth-order valence-corrected chi connectivity index (χ4v) is 7.30. The highest BCUT2D eigenvalue weighted by molar-refractivity contribution is 7.47. The fraction of sp³-hybridized carbons (Fsp3) is 0.516. The number of aliphatic hydroxyl groups excluding tert-OH is 1. The van der Waals surface area contributed by atoms with E-state index in [-0.39, 0.29) is 19.3 Å². The average Bonchev–Trinajstić information content (AvgIpc) is 3.41. The number of unbranched alkanes of at least 4 members (excludes halogenated alkanes) is 5. The van der Waals surface area contributed by atoms with Gasteiger partial charge in [0.2, 0.25) is 0 Å². The summed E-state index contributed by atoms with van der Waals surface area (Å²) in [6, 6.07) is 0. The highest BCUT2D eigenvalue weighted by Crippen LogP contribution is 2.43. The number of carbonyl (C=O) groups is 3. The second-order valence-corrected chi connectivity index (χ2v) is 19.1. The molecule has 3 atom stereocenters. The number of rotatable bonds is 49. The number of esters is 3. The Bertz CT molecular complexity index is 1920. The minimum Gasteiger partial charge on any atom is -0.461 e. The molecule has 12 heteroatoms. The molecule has 0 radical (unpaired) electrons. The smallest absolute Gasteiger partial charge is 0.461 e. The number of carbonyl (C=O) groups excluding carboxylic acids is 3. The van der Waals surface area contributed by atoms with Crippen LogP contribution in [0.3, 0.4) is 0 Å². The van der Waals surface area contributed by atoms with Crippen molar-refractivity contribution in [2.24, 2.45) is 0 Å². The first-order chi connectivity index (χ1) is 37.2. The molecule has 424 valence electrons. The van der Waals surface area contributed by atoms with E-state index in [0.717, 1.165) is 109 Å². The molecule has 0 aliphatic heterocycles. The van der Waals surface area contributed by atoms with E-state index in [0.29, 0.717) is 25.7 Å². The standard InChI is InChI=1S/C64H97O11P/c1-4-7-10-13-16-19-22-25-28-30-33-36-39-42-45-48-51-54-63(67)74-60(56-65)58-72-76(69,70)73-59-61(57-71-62(66)53-50-47-44-41-38-35-32-27-24-21-18-15-12-9-6-3)75-64(68)55-52-49-46-43-40-37-34-31-29-26-23-20-17-14-11-8-5-2/h7-12,16-21,25-29,32-34,36-38,41,43,46-47,50,60-61,65H,4-6,13-15,22-24,30-31,35,39-40,42,44-45,48-49,51-59H2,1-3H3,(H,69,70)/b10-7-,11-8-,12-9-,19-16-,20-17-,21-18-,28-25-,29-26-,32-27-,36-33-,37-34-,41-38-,46-43-,50-47-. The molecule has 0 rings (SSSR count). The molecule has 0 aliphatic carbocycles. The zero-order valence-corrected chi connectivity index (χ0v) is 47.5. The van der Waals surface area contributed by atoms with Crippen molar-refractivity contribution in [3.63, 3.8) is 0 Å². The number of hydrogen-bond acceptors (Lipinski definition) is 10. The first-order valence-electron chi connectivity index (χ1n) is 28.0. The Morgan fingerprint density at radius 3 is 1.09 bits per heavy atom. The van der Waals surface area contributed by atoms with E-state index in [2.05, 4.69) is 154 Å². The van der Waals surface area contributed by atoms with E-state index < -0.39 is 64.4 Å². The molecule has 0 aliphatic rings. The average molecular weight is 1070 g/mol. The van der Waals surface area contributed by atoms with Gasteiger partial charge in [-0.25, -0.2) is 4.57 Å². The summed E-state index contributed by atoms with van der Waals surface area (Å²) in [5, 5.41) is 9.81. The van der Waals surface area contributed by atoms with Gasteiger partial charge in [-0.05, 0) is 122 Å². The van der Waals surface area contributed by atoms with Gasteiger partial charge in [-0.15, -0.1) is 0 Å². The molecular formula is C64H97O11P. The largest absolute Gasteiger partial charge is 0.472 e. The number of phosphoric acid groups is 1. The highest BCUT2D eigenvalue weighted by Gasteiger charge is 2.28. The van der Waals surface area contributed by atoms with Crippen LogP contribution in [0.4, 0.5) is 0 Å². The van der Waals surface area contributed by atoms with Crippen molar-refractivity contribution in [2.75, 3.05) is 26.4 Å². The maximum atomic E-state index is 12.9. The first-order valence-corrected chi connectivity index (χ1v) is 29.5. The number of hydrogen-bond donors (Lipinski definition) is 2. The van der Waals surface area contributed by atoms with Crippen molar-refractivity contribution in [1.82, 2.24) is 0 Å². The van der Waals surface area contributed by atoms with E-state index in [1.165, 1.54) is 0 Å². The van der Waals surface area contributed by atoms with E-state index in [1.54, 1.807) is 6.08 Å². The van der Waals surface area contributed by atoms with Crippen LogP contribution in [0.2, 0.25) is 0 Å². The van der Waals surface area contributed by atoms with Crippen LogP contribution in [0, 0.1) is 0 Å². The predicted octanol–water partition coefficient (Wildman–Crippen LogP) is 16.7. The van der Waals surface area contributed by atoms with Crippen molar-refractivity contribution in [2.45, 2.75) is 187 Å². The molecule has 0 amide bonds. The SMILES string of the molecule is CC/C=C\C/C=C\C/C=C\C/C=C\C/C=C\CCCC(=O)OC(COC(=O)C/C=C\C/C=C\C/C=C\C/C=C\C/C=C\CC)COP(=O)(O)OCC(CO)OC(=O)CCCCCC/C=C\C/C=C\C/C=C\C/C=C\CC. The molecule has 11 nitrogen and oxygen atoms in total. The molecule has 0 heterocycles. The monoisotopic (exact) mass is 1070 g/mol. The van der Waals surface area contributed by atoms with Crippen molar-refractivity contribution in [1.29, 1.82) is 0 Å². The topological polar surface area (TPSA) is 155 Å². The van der Waals surface area contributed by atoms with Crippen LogP contribution in [0.5, 0.6) is 0 Å². The van der Waals surface area contributed by atoms with Crippen molar-refractivity contribution < 1.29 is 52.2 Å². The Labute approximate surface area is 459 Å². The summed E-state index contributed by atoms with van der Waals surface area (Å²) in [6.07, 6.45) is 74.9. The minimum absolute atomic E-state index is 0.0299. The van der Waals surface area contributed by atoms with E-state index in [4.69, 9.17) is 23.3 Å². The van der Waals surface area contributed by atoms with Gasteiger partial charge in [0.15, 0.2) is 6.10 Å². The van der Waals surface area contributed by atoms with Crippen LogP contribution in [0.1, 0.15) is 175 Å². The quantitative estimate of drug-likeness (QED) is 0.0197. The highest BCUT2D eigenvalue weighted by atomic mass is 31.2. The van der Waals surface area contributed by atoms with E-state index >= 15 is 0 Å². The molecule has 0 aromatic rings. The molecule has 0 spiro atoms. The van der Waals surface area contributed by atoms with Crippen LogP contribution in [-0.2, 0) is 42.2 Å². The molecule has 0 aromatic carbocycles. The van der Waals surface area contributed by atoms with Gasteiger partial charge in [0.05, 0.1) is 26.2 Å². The van der Waals surface area contributed by atoms with Crippen LogP contribution < -0.4 is 0 Å². The van der Waals surface area contributed by atoms with Crippen molar-refractivity contribution >= 4 is 25.7 Å². The molecule has 0 bridgehead atoms. The van der Waals surface area contributed by atoms with Gasteiger partial charge in [0.1, 0.15) is 12.7 Å². The fourth-order valence-electron chi connectivity index (χ4n) is 6.51. The lowest BCUT2D eigenvalue weighted by Crippen LogP contribution is -2.30. The van der Waals surface area contributed by atoms with Gasteiger partial charge >= 0.3 is 25.7 Å². The molecule has 0 aromatic heterocycles. The lowest BCUT2D eigenvalue weighted by molar-refractivity contribution is -0.161. The summed E-state index contributed by atoms with van der Waals surface area (Å²) in [4.78, 5) is 48.4. The Morgan fingerprint density at radius 2 is 0.697 bits per heavy atom. The van der Waals surface area contributed by atoms with Gasteiger partial charge in [-0.2, -0.15) is 0 Å². The summed E-state index contributed by atoms with van der Waals surface area (Å²) in [5.41, 5.74) is 0. The van der Waals surface area contributed by atoms with Crippen molar-refractivity contribution in [3.05, 3.63) is 170 Å². The van der Waals surface area contributed by atoms with Crippen molar-refractivity contribution in [3.8, 4) is 0 Å². The Morgan fingerprint density at radius 1 is 0.382 bits per heavy atom. The molecule has 0 saturated carbocycles. The number of aliphatic hydroxyl groups is 1. The van der Waals surface area contributed by atoms with Gasteiger partial charge in [0.25, 0.3) is 0 Å². The Balaban J connectivity index is 4.96. The molecular weight excluding hydrogens is 976 g/mol. The number of ether oxygens (including phenoxy) is 3. The van der Waals surface area contributed by atoms with Gasteiger partial charge < -0.3 is 24.2 Å². The van der Waals surface area contributed by atoms with Crippen LogP contribution in [-0.4, -0.2) is 66.5 Å². The zero-order chi connectivity index (χ0) is 55.5. The normalized spacial score (nSPS) is 14.6. The predicted molar refractivity (Wildman–Crippen MR) is 315 cm³/mol. The molecule has 0 fully saturated rings. The number of phosphoric ester groups is 1. The maximum Gasteiger partial charge on any atom is 0.472 e. The minimum atomic E-state index is -4.80. The summed E-state index contributed by atoms with van der Waals surface area (Å²) in [6.45, 7) is 4.06. The van der Waals surface area contributed by atoms with E-state index in [1.807, 2.05) is 30.4 Å². The van der Waals surface area contributed by atoms with Gasteiger partial charge in [0, 0.05) is 12.8 Å². The Kier molecular flexibility index (Phi) is 52.2. The molecule has 2 N–H and O–H groups in total. The number of allylic oxidation sites excluding steroid dienone is 27. The molecule has 0 saturated heterocycles. The lowest BCUT2D eigenvalue weighted by atomic mass is 10.1. The maximum absolute atomic E-state index is 12.9. The van der Waals surface area contributed by atoms with Gasteiger partial charge in [-0.3, -0.25) is 23.4 Å². The molecule has 3 unspecified atom stereocenters. The summed E-state index contributed by atoms with van der Waals surface area (Å²) in [7, 11) is -4.80. The summed E-state index contributed by atoms with van der Waals surface area (Å²) in [5.74, 6) is -1.74.